The van der Waals surface area contributed by atoms with Crippen molar-refractivity contribution in [3.05, 3.63) is 77.5 Å². The van der Waals surface area contributed by atoms with Gasteiger partial charge in [-0.3, -0.25) is 9.59 Å². The van der Waals surface area contributed by atoms with Gasteiger partial charge in [-0.2, -0.15) is 0 Å². The highest BCUT2D eigenvalue weighted by Gasteiger charge is 2.46. The van der Waals surface area contributed by atoms with Crippen molar-refractivity contribution in [1.29, 1.82) is 0 Å². The van der Waals surface area contributed by atoms with Gasteiger partial charge in [-0.1, -0.05) is 48.5 Å². The number of aliphatic hydroxyl groups is 1. The van der Waals surface area contributed by atoms with Crippen LogP contribution in [0.15, 0.2) is 66.4 Å². The number of ketones is 1. The summed E-state index contributed by atoms with van der Waals surface area (Å²) < 4.78 is 5.63. The second kappa shape index (κ2) is 8.16. The molecule has 6 heteroatoms. The Kier molecular flexibility index (Phi) is 5.42. The first-order chi connectivity index (χ1) is 14.5. The first-order valence-electron chi connectivity index (χ1n) is 10.0. The van der Waals surface area contributed by atoms with Gasteiger partial charge >= 0.3 is 0 Å². The van der Waals surface area contributed by atoms with Crippen LogP contribution in [0.4, 0.5) is 0 Å². The van der Waals surface area contributed by atoms with Crippen molar-refractivity contribution in [2.24, 2.45) is 0 Å². The van der Waals surface area contributed by atoms with Crippen molar-refractivity contribution in [3.63, 3.8) is 0 Å². The van der Waals surface area contributed by atoms with E-state index >= 15 is 0 Å². The van der Waals surface area contributed by atoms with E-state index in [4.69, 9.17) is 4.74 Å². The molecule has 0 radical (unpaired) electrons. The molecule has 0 spiro atoms. The fourth-order valence-electron chi connectivity index (χ4n) is 3.89. The number of likely N-dealkylation sites (tertiary alicyclic amines) is 1. The van der Waals surface area contributed by atoms with Crippen molar-refractivity contribution >= 4 is 28.4 Å². The summed E-state index contributed by atoms with van der Waals surface area (Å²) in [6, 6.07) is 15.8. The van der Waals surface area contributed by atoms with E-state index < -0.39 is 17.7 Å². The predicted octanol–water partition coefficient (Wildman–Crippen LogP) is 4.01. The van der Waals surface area contributed by atoms with E-state index in [1.54, 1.807) is 30.5 Å². The fourth-order valence-corrected chi connectivity index (χ4v) is 3.89. The number of benzene rings is 2. The quantitative estimate of drug-likeness (QED) is 0.369. The van der Waals surface area contributed by atoms with Crippen LogP contribution in [-0.2, 0) is 14.3 Å². The van der Waals surface area contributed by atoms with Crippen LogP contribution in [0.5, 0.6) is 0 Å². The standard InChI is InChI=1S/C24H24N2O4/c1-15(2)30-13-12-26-21(18-14-25-19-11-7-6-10-17(18)19)20(23(28)24(26)29)22(27)16-8-4-3-5-9-16/h3-11,14-15,21,25,27H,12-13H2,1-2H3/b22-20+. The molecule has 30 heavy (non-hydrogen) atoms. The number of hydrogen-bond acceptors (Lipinski definition) is 4. The number of nitrogens with one attached hydrogen (secondary N) is 1. The molecule has 1 aliphatic rings. The summed E-state index contributed by atoms with van der Waals surface area (Å²) >= 11 is 0. The van der Waals surface area contributed by atoms with Gasteiger partial charge in [0, 0.05) is 34.8 Å². The minimum absolute atomic E-state index is 0.0117. The van der Waals surface area contributed by atoms with Crippen molar-refractivity contribution in [2.45, 2.75) is 26.0 Å². The molecule has 0 bridgehead atoms. The zero-order chi connectivity index (χ0) is 21.3. The zero-order valence-electron chi connectivity index (χ0n) is 17.0. The lowest BCUT2D eigenvalue weighted by molar-refractivity contribution is -0.140. The molecule has 1 amide bonds. The van der Waals surface area contributed by atoms with Gasteiger partial charge in [0.1, 0.15) is 5.76 Å². The number of aromatic amines is 1. The van der Waals surface area contributed by atoms with Crippen molar-refractivity contribution in [3.8, 4) is 0 Å². The maximum atomic E-state index is 13.0. The molecule has 0 saturated carbocycles. The molecule has 1 atom stereocenters. The number of carbonyl (C=O) groups is 2. The summed E-state index contributed by atoms with van der Waals surface area (Å²) in [6.45, 7) is 4.38. The first kappa shape index (κ1) is 19.9. The van der Waals surface area contributed by atoms with Crippen LogP contribution in [0.1, 0.15) is 31.0 Å². The Morgan fingerprint density at radius 1 is 1.10 bits per heavy atom. The number of carbonyl (C=O) groups excluding carboxylic acids is 2. The van der Waals surface area contributed by atoms with E-state index in [9.17, 15) is 14.7 Å². The molecule has 1 saturated heterocycles. The second-order valence-corrected chi connectivity index (χ2v) is 7.57. The molecule has 1 fully saturated rings. The molecule has 0 aliphatic carbocycles. The maximum absolute atomic E-state index is 13.0. The van der Waals surface area contributed by atoms with Gasteiger partial charge in [-0.05, 0) is 19.9 Å². The van der Waals surface area contributed by atoms with E-state index in [1.165, 1.54) is 4.90 Å². The lowest BCUT2D eigenvalue weighted by Gasteiger charge is -2.25. The Hall–Kier alpha value is -3.38. The number of rotatable bonds is 6. The number of aromatic nitrogens is 1. The third-order valence-corrected chi connectivity index (χ3v) is 5.29. The topological polar surface area (TPSA) is 82.6 Å². The monoisotopic (exact) mass is 404 g/mol. The molecular weight excluding hydrogens is 380 g/mol. The third-order valence-electron chi connectivity index (χ3n) is 5.29. The average molecular weight is 404 g/mol. The molecule has 1 unspecified atom stereocenters. The Bertz CT molecular complexity index is 1110. The van der Waals surface area contributed by atoms with Crippen LogP contribution in [0, 0.1) is 0 Å². The Labute approximate surface area is 174 Å². The number of aliphatic hydroxyl groups excluding tert-OH is 1. The lowest BCUT2D eigenvalue weighted by Crippen LogP contribution is -2.33. The van der Waals surface area contributed by atoms with Gasteiger partial charge in [0.25, 0.3) is 11.7 Å². The van der Waals surface area contributed by atoms with E-state index in [0.29, 0.717) is 12.2 Å². The smallest absolute Gasteiger partial charge is 0.295 e. The van der Waals surface area contributed by atoms with Gasteiger partial charge in [0.2, 0.25) is 0 Å². The normalized spacial score (nSPS) is 18.6. The predicted molar refractivity (Wildman–Crippen MR) is 115 cm³/mol. The summed E-state index contributed by atoms with van der Waals surface area (Å²) in [6.07, 6.45) is 1.81. The van der Waals surface area contributed by atoms with Crippen molar-refractivity contribution < 1.29 is 19.4 Å². The number of hydrogen-bond donors (Lipinski definition) is 2. The van der Waals surface area contributed by atoms with Crippen LogP contribution in [0.3, 0.4) is 0 Å². The molecule has 154 valence electrons. The summed E-state index contributed by atoms with van der Waals surface area (Å²) in [5.74, 6) is -1.48. The largest absolute Gasteiger partial charge is 0.507 e. The number of amides is 1. The van der Waals surface area contributed by atoms with Gasteiger partial charge in [0.15, 0.2) is 0 Å². The molecule has 6 nitrogen and oxygen atoms in total. The fraction of sp³-hybridized carbons (Fsp3) is 0.250. The molecule has 1 aliphatic heterocycles. The van der Waals surface area contributed by atoms with Gasteiger partial charge in [0.05, 0.1) is 24.3 Å². The minimum atomic E-state index is -0.697. The first-order valence-corrected chi connectivity index (χ1v) is 10.0. The highest BCUT2D eigenvalue weighted by molar-refractivity contribution is 6.46. The third kappa shape index (κ3) is 3.50. The highest BCUT2D eigenvalue weighted by Crippen LogP contribution is 2.41. The van der Waals surface area contributed by atoms with Crippen LogP contribution in [0.25, 0.3) is 16.7 Å². The molecule has 2 aromatic carbocycles. The lowest BCUT2D eigenvalue weighted by atomic mass is 9.95. The van der Waals surface area contributed by atoms with E-state index in [-0.39, 0.29) is 24.0 Å². The number of nitrogens with zero attached hydrogens (tertiary/aromatic N) is 1. The summed E-state index contributed by atoms with van der Waals surface area (Å²) in [5, 5.41) is 11.9. The molecule has 1 aromatic heterocycles. The van der Waals surface area contributed by atoms with Gasteiger partial charge < -0.3 is 19.7 Å². The number of ether oxygens (including phenoxy) is 1. The van der Waals surface area contributed by atoms with Crippen LogP contribution in [-0.4, -0.2) is 45.9 Å². The van der Waals surface area contributed by atoms with Crippen molar-refractivity contribution in [1.82, 2.24) is 9.88 Å². The average Bonchev–Trinajstić information content (AvgIpc) is 3.28. The van der Waals surface area contributed by atoms with E-state index in [0.717, 1.165) is 16.5 Å². The number of para-hydroxylation sites is 1. The Morgan fingerprint density at radius 3 is 2.53 bits per heavy atom. The number of fused-ring (bicyclic) bond motifs is 1. The van der Waals surface area contributed by atoms with Crippen molar-refractivity contribution in [2.75, 3.05) is 13.2 Å². The van der Waals surface area contributed by atoms with E-state index in [2.05, 4.69) is 4.98 Å². The van der Waals surface area contributed by atoms with Crippen LogP contribution >= 0.6 is 0 Å². The summed E-state index contributed by atoms with van der Waals surface area (Å²) in [7, 11) is 0. The maximum Gasteiger partial charge on any atom is 0.295 e. The zero-order valence-corrected chi connectivity index (χ0v) is 17.0. The molecular formula is C24H24N2O4. The number of H-pyrrole nitrogens is 1. The minimum Gasteiger partial charge on any atom is -0.507 e. The molecule has 3 aromatic rings. The van der Waals surface area contributed by atoms with Crippen LogP contribution < -0.4 is 0 Å². The van der Waals surface area contributed by atoms with Gasteiger partial charge in [-0.15, -0.1) is 0 Å². The number of Topliss-reactive ketones (excluding diaryl/α,β-unsaturated/α-hetero) is 1. The summed E-state index contributed by atoms with van der Waals surface area (Å²) in [5.41, 5.74) is 2.27. The molecule has 4 rings (SSSR count). The second-order valence-electron chi connectivity index (χ2n) is 7.57. The van der Waals surface area contributed by atoms with Crippen LogP contribution in [0.2, 0.25) is 0 Å². The highest BCUT2D eigenvalue weighted by atomic mass is 16.5. The summed E-state index contributed by atoms with van der Waals surface area (Å²) in [4.78, 5) is 30.6. The SMILES string of the molecule is CC(C)OCCN1C(=O)C(=O)/C(=C(/O)c2ccccc2)C1c1c[nH]c2ccccc12. The Morgan fingerprint density at radius 2 is 1.80 bits per heavy atom. The molecule has 2 heterocycles. The molecule has 2 N–H and O–H groups in total. The Balaban J connectivity index is 1.85. The van der Waals surface area contributed by atoms with E-state index in [1.807, 2.05) is 44.2 Å². The van der Waals surface area contributed by atoms with Gasteiger partial charge in [-0.25, -0.2) is 0 Å².